The first-order valence-corrected chi connectivity index (χ1v) is 13.7. The van der Waals surface area contributed by atoms with Gasteiger partial charge in [-0.15, -0.1) is 0 Å². The Bertz CT molecular complexity index is 938. The summed E-state index contributed by atoms with van der Waals surface area (Å²) in [6, 6.07) is 5.23. The van der Waals surface area contributed by atoms with Gasteiger partial charge in [-0.1, -0.05) is 45.6 Å². The van der Waals surface area contributed by atoms with Gasteiger partial charge in [0.2, 0.25) is 5.91 Å². The Morgan fingerprint density at radius 2 is 2.17 bits per heavy atom. The molecule has 2 bridgehead atoms. The first kappa shape index (κ1) is 26.9. The van der Waals surface area contributed by atoms with Crippen LogP contribution in [0.1, 0.15) is 46.1 Å². The lowest BCUT2D eigenvalue weighted by Gasteiger charge is -2.62. The maximum atomic E-state index is 13.8. The van der Waals surface area contributed by atoms with E-state index in [-0.39, 0.29) is 18.6 Å². The fourth-order valence-corrected chi connectivity index (χ4v) is 7.34. The van der Waals surface area contributed by atoms with Crippen LogP contribution < -0.4 is 10.1 Å². The van der Waals surface area contributed by atoms with Crippen LogP contribution in [-0.4, -0.2) is 58.7 Å². The van der Waals surface area contributed by atoms with Crippen LogP contribution in [0, 0.1) is 32.7 Å². The highest BCUT2D eigenvalue weighted by Crippen LogP contribution is 2.61. The van der Waals surface area contributed by atoms with Crippen LogP contribution in [0.3, 0.4) is 0 Å². The third kappa shape index (κ3) is 5.01. The Morgan fingerprint density at radius 3 is 2.77 bits per heavy atom. The van der Waals surface area contributed by atoms with Gasteiger partial charge in [-0.2, -0.15) is 5.06 Å². The van der Waals surface area contributed by atoms with Crippen LogP contribution in [-0.2, 0) is 16.2 Å². The fourth-order valence-electron chi connectivity index (χ4n) is 6.63. The van der Waals surface area contributed by atoms with E-state index in [0.717, 1.165) is 21.3 Å². The molecule has 1 saturated heterocycles. The van der Waals surface area contributed by atoms with Gasteiger partial charge in [-0.25, -0.2) is 0 Å². The number of ether oxygens (including phenoxy) is 1. The van der Waals surface area contributed by atoms with E-state index in [0.29, 0.717) is 36.3 Å². The Labute approximate surface area is 222 Å². The topological polar surface area (TPSA) is 91.3 Å². The van der Waals surface area contributed by atoms with E-state index in [1.807, 2.05) is 18.2 Å². The molecule has 3 aliphatic carbocycles. The summed E-state index contributed by atoms with van der Waals surface area (Å²) >= 11 is 2.23. The van der Waals surface area contributed by atoms with Crippen LogP contribution in [0.15, 0.2) is 30.9 Å². The first-order valence-electron chi connectivity index (χ1n) is 12.6. The number of para-hydroxylation sites is 1. The van der Waals surface area contributed by atoms with E-state index in [1.165, 1.54) is 6.42 Å². The van der Waals surface area contributed by atoms with Crippen molar-refractivity contribution in [3.05, 3.63) is 40.0 Å². The zero-order chi connectivity index (χ0) is 25.5. The Kier molecular flexibility index (Phi) is 8.17. The number of halogens is 1. The van der Waals surface area contributed by atoms with Gasteiger partial charge in [0.05, 0.1) is 22.8 Å². The number of nitrogens with one attached hydrogen (secondary N) is 1. The highest BCUT2D eigenvalue weighted by Gasteiger charge is 2.57. The highest BCUT2D eigenvalue weighted by molar-refractivity contribution is 14.1. The summed E-state index contributed by atoms with van der Waals surface area (Å²) < 4.78 is 6.86. The summed E-state index contributed by atoms with van der Waals surface area (Å²) in [4.78, 5) is 19.9. The fraction of sp³-hybridized carbons (Fsp3) is 0.667. The number of hydrogen-bond acceptors (Lipinski definition) is 6. The van der Waals surface area contributed by atoms with Gasteiger partial charge >= 0.3 is 0 Å². The molecule has 0 radical (unpaired) electrons. The monoisotopic (exact) mass is 598 g/mol. The molecule has 0 spiro atoms. The van der Waals surface area contributed by atoms with Crippen molar-refractivity contribution in [2.24, 2.45) is 29.1 Å². The van der Waals surface area contributed by atoms with Crippen LogP contribution >= 0.6 is 22.6 Å². The minimum absolute atomic E-state index is 0.105. The lowest BCUT2D eigenvalue weighted by atomic mass is 9.45. The number of hydrogen-bond donors (Lipinski definition) is 3. The van der Waals surface area contributed by atoms with Crippen molar-refractivity contribution >= 4 is 28.5 Å². The maximum Gasteiger partial charge on any atom is 0.240 e. The molecule has 4 fully saturated rings. The quantitative estimate of drug-likeness (QED) is 0.298. The standard InChI is InChI=1S/C27H39IN2O5/c1-6-10-34-25-17(8-7-9-20(25)28)13-30-24(23(16(3)32)22(14-31)35-30)26(33)29-21-12-18-11-19(15(21)2)27(18,4)5/h6-9,15-16,18-19,21-24,31-32H,1,10-14H2,2-5H3,(H,29,33)/t15-,16-,18?,19-,21?,22-,23+,24-/m0/s1. The molecule has 1 amide bonds. The molecule has 5 rings (SSSR count). The van der Waals surface area contributed by atoms with Crippen LogP contribution in [0.4, 0.5) is 0 Å². The average molecular weight is 599 g/mol. The number of benzene rings is 1. The third-order valence-corrected chi connectivity index (χ3v) is 9.63. The SMILES string of the molecule is C=CCOc1c(I)cccc1CN1O[C@@H](CO)[C@@H]([C@H](C)O)[C@H]1C(=O)NC1CC2C[C@@H]([C@@H]1C)C2(C)C. The molecule has 4 aliphatic rings. The van der Waals surface area contributed by atoms with Crippen molar-refractivity contribution in [1.82, 2.24) is 10.4 Å². The van der Waals surface area contributed by atoms with E-state index >= 15 is 0 Å². The largest absolute Gasteiger partial charge is 0.488 e. The van der Waals surface area contributed by atoms with E-state index in [2.05, 4.69) is 55.3 Å². The average Bonchev–Trinajstić information content (AvgIpc) is 3.18. The molecule has 0 aromatic heterocycles. The Hall–Kier alpha value is -1.20. The zero-order valence-corrected chi connectivity index (χ0v) is 23.3. The molecular formula is C27H39IN2O5. The van der Waals surface area contributed by atoms with Gasteiger partial charge in [-0.3, -0.25) is 9.63 Å². The zero-order valence-electron chi connectivity index (χ0n) is 21.1. The molecule has 8 heteroatoms. The van der Waals surface area contributed by atoms with Crippen molar-refractivity contribution in [3.8, 4) is 5.75 Å². The van der Waals surface area contributed by atoms with Crippen molar-refractivity contribution in [2.45, 2.75) is 71.4 Å². The van der Waals surface area contributed by atoms with Gasteiger partial charge in [0.25, 0.3) is 0 Å². The molecule has 1 aromatic rings. The number of aliphatic hydroxyl groups is 2. The molecule has 2 unspecified atom stereocenters. The highest BCUT2D eigenvalue weighted by atomic mass is 127. The Balaban J connectivity index is 1.57. The van der Waals surface area contributed by atoms with Crippen LogP contribution in [0.2, 0.25) is 0 Å². The van der Waals surface area contributed by atoms with E-state index in [4.69, 9.17) is 9.57 Å². The summed E-state index contributed by atoms with van der Waals surface area (Å²) in [7, 11) is 0. The smallest absolute Gasteiger partial charge is 0.240 e. The summed E-state index contributed by atoms with van der Waals surface area (Å²) in [5.41, 5.74) is 1.20. The van der Waals surface area contributed by atoms with Gasteiger partial charge in [0.1, 0.15) is 24.5 Å². The normalized spacial score (nSPS) is 34.7. The lowest BCUT2D eigenvalue weighted by molar-refractivity contribution is -0.183. The molecular weight excluding hydrogens is 559 g/mol. The predicted octanol–water partition coefficient (Wildman–Crippen LogP) is 3.52. The second kappa shape index (κ2) is 10.7. The van der Waals surface area contributed by atoms with Crippen molar-refractivity contribution < 1.29 is 24.6 Å². The van der Waals surface area contributed by atoms with E-state index < -0.39 is 24.2 Å². The summed E-state index contributed by atoms with van der Waals surface area (Å²) in [5.74, 6) is 1.64. The maximum absolute atomic E-state index is 13.8. The van der Waals surface area contributed by atoms with Gasteiger partial charge in [0.15, 0.2) is 0 Å². The molecule has 194 valence electrons. The van der Waals surface area contributed by atoms with Crippen LogP contribution in [0.5, 0.6) is 5.75 Å². The summed E-state index contributed by atoms with van der Waals surface area (Å²) in [6.07, 6.45) is 2.42. The number of carbonyl (C=O) groups is 1. The third-order valence-electron chi connectivity index (χ3n) is 8.78. The molecule has 1 aromatic carbocycles. The minimum atomic E-state index is -0.823. The molecule has 1 heterocycles. The molecule has 3 saturated carbocycles. The number of rotatable bonds is 9. The number of fused-ring (bicyclic) bond motifs is 2. The first-order chi connectivity index (χ1) is 16.6. The van der Waals surface area contributed by atoms with Crippen molar-refractivity contribution in [2.75, 3.05) is 13.2 Å². The van der Waals surface area contributed by atoms with Crippen molar-refractivity contribution in [1.29, 1.82) is 0 Å². The minimum Gasteiger partial charge on any atom is -0.488 e. The second-order valence-corrected chi connectivity index (χ2v) is 12.2. The van der Waals surface area contributed by atoms with Gasteiger partial charge < -0.3 is 20.3 Å². The summed E-state index contributed by atoms with van der Waals surface area (Å²) in [6.45, 7) is 12.7. The van der Waals surface area contributed by atoms with Gasteiger partial charge in [-0.05, 0) is 71.6 Å². The number of amides is 1. The number of aliphatic hydroxyl groups excluding tert-OH is 2. The number of hydroxylamine groups is 2. The molecule has 8 atom stereocenters. The van der Waals surface area contributed by atoms with Gasteiger partial charge in [0, 0.05) is 17.5 Å². The lowest BCUT2D eigenvalue weighted by Crippen LogP contribution is -2.62. The summed E-state index contributed by atoms with van der Waals surface area (Å²) in [5, 5.41) is 25.6. The molecule has 35 heavy (non-hydrogen) atoms. The number of nitrogens with zero attached hydrogens (tertiary/aromatic N) is 1. The molecule has 7 nitrogen and oxygen atoms in total. The molecule has 1 aliphatic heterocycles. The Morgan fingerprint density at radius 1 is 1.43 bits per heavy atom. The van der Waals surface area contributed by atoms with E-state index in [9.17, 15) is 15.0 Å². The van der Waals surface area contributed by atoms with Crippen LogP contribution in [0.25, 0.3) is 0 Å². The van der Waals surface area contributed by atoms with E-state index in [1.54, 1.807) is 18.1 Å². The number of carbonyl (C=O) groups excluding carboxylic acids is 1. The van der Waals surface area contributed by atoms with Crippen molar-refractivity contribution in [3.63, 3.8) is 0 Å². The second-order valence-electron chi connectivity index (χ2n) is 11.1. The predicted molar refractivity (Wildman–Crippen MR) is 142 cm³/mol. The molecule has 3 N–H and O–H groups in total.